The van der Waals surface area contributed by atoms with Crippen molar-refractivity contribution in [2.45, 2.75) is 13.0 Å². The van der Waals surface area contributed by atoms with Crippen molar-refractivity contribution in [3.8, 4) is 11.5 Å². The number of pyridine rings is 1. The van der Waals surface area contributed by atoms with Crippen LogP contribution in [0.1, 0.15) is 27.2 Å². The van der Waals surface area contributed by atoms with Crippen LogP contribution in [0.5, 0.6) is 11.5 Å². The molecule has 0 atom stereocenters. The van der Waals surface area contributed by atoms with Crippen LogP contribution in [0.15, 0.2) is 114 Å². The molecule has 0 bridgehead atoms. The molecule has 0 radical (unpaired) electrons. The Morgan fingerprint density at radius 3 is 2.47 bits per heavy atom. The average molecular weight is 593 g/mol. The van der Waals surface area contributed by atoms with Crippen LogP contribution in [-0.4, -0.2) is 46.2 Å². The third-order valence-electron chi connectivity index (χ3n) is 6.78. The van der Waals surface area contributed by atoms with Gasteiger partial charge < -0.3 is 14.7 Å². The Morgan fingerprint density at radius 1 is 0.930 bits per heavy atom. The molecular weight excluding hydrogens is 564 g/mol. The fourth-order valence-corrected chi connectivity index (χ4v) is 4.71. The summed E-state index contributed by atoms with van der Waals surface area (Å²) in [4.78, 5) is 32.0. The standard InChI is InChI=1S/C34H29ClN4O4/c35-30-20-25(13-15-31(30)40)34(42)38-37-21-26-14-16-32(29-12-5-4-11-28(26)29)43-23-33(41)39(22-24-8-2-1-3-9-24)19-17-27-10-6-7-18-36-27/h1-16,18,20-21,40H,17,19,22-23H2,(H,38,42)/b37-21+. The number of nitrogens with one attached hydrogen (secondary N) is 1. The Balaban J connectivity index is 1.27. The number of nitrogens with zero attached hydrogens (tertiary/aromatic N) is 3. The second-order valence-electron chi connectivity index (χ2n) is 9.72. The second kappa shape index (κ2) is 14.1. The number of rotatable bonds is 11. The molecule has 0 spiro atoms. The molecule has 1 heterocycles. The van der Waals surface area contributed by atoms with Crippen molar-refractivity contribution in [1.82, 2.24) is 15.3 Å². The fraction of sp³-hybridized carbons (Fsp3) is 0.118. The highest BCUT2D eigenvalue weighted by Gasteiger charge is 2.16. The fourth-order valence-electron chi connectivity index (χ4n) is 4.53. The van der Waals surface area contributed by atoms with Crippen molar-refractivity contribution in [3.63, 3.8) is 0 Å². The zero-order chi connectivity index (χ0) is 30.0. The van der Waals surface area contributed by atoms with E-state index in [9.17, 15) is 14.7 Å². The van der Waals surface area contributed by atoms with Crippen LogP contribution in [0, 0.1) is 0 Å². The molecule has 43 heavy (non-hydrogen) atoms. The van der Waals surface area contributed by atoms with Crippen molar-refractivity contribution >= 4 is 40.4 Å². The van der Waals surface area contributed by atoms with E-state index in [1.165, 1.54) is 24.4 Å². The van der Waals surface area contributed by atoms with E-state index in [1.807, 2.05) is 78.9 Å². The lowest BCUT2D eigenvalue weighted by Crippen LogP contribution is -2.36. The van der Waals surface area contributed by atoms with Crippen LogP contribution in [0.3, 0.4) is 0 Å². The summed E-state index contributed by atoms with van der Waals surface area (Å²) in [6, 6.07) is 31.0. The van der Waals surface area contributed by atoms with Gasteiger partial charge in [-0.25, -0.2) is 5.43 Å². The first-order valence-corrected chi connectivity index (χ1v) is 14.0. The number of halogens is 1. The zero-order valence-corrected chi connectivity index (χ0v) is 23.9. The first-order valence-electron chi connectivity index (χ1n) is 13.7. The number of hydrogen-bond acceptors (Lipinski definition) is 6. The first-order chi connectivity index (χ1) is 21.0. The summed E-state index contributed by atoms with van der Waals surface area (Å²) in [6.07, 6.45) is 3.92. The average Bonchev–Trinajstić information content (AvgIpc) is 3.04. The molecule has 0 fully saturated rings. The number of phenolic OH excluding ortho intramolecular Hbond substituents is 1. The smallest absolute Gasteiger partial charge is 0.271 e. The predicted molar refractivity (Wildman–Crippen MR) is 167 cm³/mol. The Labute approximate surface area is 254 Å². The minimum absolute atomic E-state index is 0.0769. The minimum atomic E-state index is -0.468. The number of aromatic hydroxyl groups is 1. The lowest BCUT2D eigenvalue weighted by atomic mass is 10.0. The molecule has 2 amide bonds. The molecule has 0 aliphatic carbocycles. The normalized spacial score (nSPS) is 11.0. The van der Waals surface area contributed by atoms with E-state index >= 15 is 0 Å². The maximum atomic E-state index is 13.4. The lowest BCUT2D eigenvalue weighted by Gasteiger charge is -2.23. The number of benzene rings is 4. The Hall–Kier alpha value is -5.21. The largest absolute Gasteiger partial charge is 0.506 e. The molecule has 0 aliphatic rings. The van der Waals surface area contributed by atoms with Crippen LogP contribution >= 0.6 is 11.6 Å². The molecule has 4 aromatic carbocycles. The Bertz CT molecular complexity index is 1750. The number of hydrogen-bond donors (Lipinski definition) is 2. The van der Waals surface area contributed by atoms with E-state index in [0.29, 0.717) is 25.3 Å². The summed E-state index contributed by atoms with van der Waals surface area (Å²) in [5.41, 5.74) is 5.44. The number of aromatic nitrogens is 1. The lowest BCUT2D eigenvalue weighted by molar-refractivity contribution is -0.134. The van der Waals surface area contributed by atoms with Gasteiger partial charge in [0.1, 0.15) is 11.5 Å². The molecule has 2 N–H and O–H groups in total. The van der Waals surface area contributed by atoms with Gasteiger partial charge in [-0.2, -0.15) is 5.10 Å². The van der Waals surface area contributed by atoms with Crippen LogP contribution in [-0.2, 0) is 17.8 Å². The summed E-state index contributed by atoms with van der Waals surface area (Å²) >= 11 is 5.90. The van der Waals surface area contributed by atoms with E-state index in [1.54, 1.807) is 17.2 Å². The number of fused-ring (bicyclic) bond motifs is 1. The number of hydrazone groups is 1. The highest BCUT2D eigenvalue weighted by Crippen LogP contribution is 2.28. The van der Waals surface area contributed by atoms with Crippen LogP contribution in [0.4, 0.5) is 0 Å². The van der Waals surface area contributed by atoms with Crippen molar-refractivity contribution in [1.29, 1.82) is 0 Å². The molecule has 0 saturated heterocycles. The van der Waals surface area contributed by atoms with Crippen LogP contribution in [0.25, 0.3) is 10.8 Å². The monoisotopic (exact) mass is 592 g/mol. The van der Waals surface area contributed by atoms with Gasteiger partial charge >= 0.3 is 0 Å². The summed E-state index contributed by atoms with van der Waals surface area (Å²) in [5.74, 6) is -0.144. The maximum absolute atomic E-state index is 13.4. The van der Waals surface area contributed by atoms with E-state index in [-0.39, 0.29) is 28.8 Å². The third-order valence-corrected chi connectivity index (χ3v) is 7.08. The Kier molecular flexibility index (Phi) is 9.61. The Morgan fingerprint density at radius 2 is 1.70 bits per heavy atom. The van der Waals surface area contributed by atoms with Gasteiger partial charge in [0.15, 0.2) is 6.61 Å². The quantitative estimate of drug-likeness (QED) is 0.144. The summed E-state index contributed by atoms with van der Waals surface area (Å²) in [5, 5.41) is 15.4. The van der Waals surface area contributed by atoms with Gasteiger partial charge in [-0.15, -0.1) is 0 Å². The van der Waals surface area contributed by atoms with Crippen molar-refractivity contribution in [2.75, 3.05) is 13.2 Å². The number of ether oxygens (including phenoxy) is 1. The molecule has 5 rings (SSSR count). The van der Waals surface area contributed by atoms with Crippen LogP contribution in [0.2, 0.25) is 5.02 Å². The van der Waals surface area contributed by atoms with Gasteiger partial charge in [-0.1, -0.05) is 72.3 Å². The van der Waals surface area contributed by atoms with Gasteiger partial charge in [-0.3, -0.25) is 14.6 Å². The predicted octanol–water partition coefficient (Wildman–Crippen LogP) is 6.01. The molecule has 1 aromatic heterocycles. The van der Waals surface area contributed by atoms with E-state index in [4.69, 9.17) is 16.3 Å². The molecule has 0 saturated carbocycles. The first kappa shape index (κ1) is 29.3. The summed E-state index contributed by atoms with van der Waals surface area (Å²) in [7, 11) is 0. The molecule has 0 unspecified atom stereocenters. The molecule has 216 valence electrons. The second-order valence-corrected chi connectivity index (χ2v) is 10.1. The van der Waals surface area contributed by atoms with Gasteiger partial charge in [0.2, 0.25) is 0 Å². The van der Waals surface area contributed by atoms with Crippen molar-refractivity contribution in [2.24, 2.45) is 5.10 Å². The highest BCUT2D eigenvalue weighted by atomic mass is 35.5. The van der Waals surface area contributed by atoms with Gasteiger partial charge in [0.05, 0.1) is 11.2 Å². The molecule has 0 aliphatic heterocycles. The van der Waals surface area contributed by atoms with E-state index < -0.39 is 5.91 Å². The highest BCUT2D eigenvalue weighted by molar-refractivity contribution is 6.32. The zero-order valence-electron chi connectivity index (χ0n) is 23.2. The van der Waals surface area contributed by atoms with Gasteiger partial charge in [-0.05, 0) is 53.4 Å². The van der Waals surface area contributed by atoms with Crippen LogP contribution < -0.4 is 10.2 Å². The van der Waals surface area contributed by atoms with E-state index in [0.717, 1.165) is 27.6 Å². The topological polar surface area (TPSA) is 104 Å². The number of amides is 2. The summed E-state index contributed by atoms with van der Waals surface area (Å²) < 4.78 is 6.07. The SMILES string of the molecule is O=C(N/N=C/c1ccc(OCC(=O)N(CCc2ccccn2)Cc2ccccc2)c2ccccc12)c1ccc(O)c(Cl)c1. The van der Waals surface area contributed by atoms with Gasteiger partial charge in [0.25, 0.3) is 11.8 Å². The van der Waals surface area contributed by atoms with Crippen molar-refractivity contribution < 1.29 is 19.4 Å². The third kappa shape index (κ3) is 7.75. The molecular formula is C34H29ClN4O4. The molecule has 5 aromatic rings. The minimum Gasteiger partial charge on any atom is -0.506 e. The van der Waals surface area contributed by atoms with E-state index in [2.05, 4.69) is 15.5 Å². The maximum Gasteiger partial charge on any atom is 0.271 e. The summed E-state index contributed by atoms with van der Waals surface area (Å²) in [6.45, 7) is 0.845. The number of carbonyl (C=O) groups excluding carboxylic acids is 2. The number of phenols is 1. The van der Waals surface area contributed by atoms with Crippen molar-refractivity contribution in [3.05, 3.63) is 137 Å². The van der Waals surface area contributed by atoms with Gasteiger partial charge in [0, 0.05) is 47.9 Å². The molecule has 8 nitrogen and oxygen atoms in total. The molecule has 9 heteroatoms. The number of carbonyl (C=O) groups is 2.